The molecule has 1 aliphatic rings. The summed E-state index contributed by atoms with van der Waals surface area (Å²) in [6.45, 7) is 4.44. The quantitative estimate of drug-likeness (QED) is 0.668. The van der Waals surface area contributed by atoms with E-state index in [9.17, 15) is 9.59 Å². The molecule has 1 aliphatic carbocycles. The molecule has 150 valence electrons. The maximum atomic E-state index is 12.2. The summed E-state index contributed by atoms with van der Waals surface area (Å²) < 4.78 is 16.2. The fourth-order valence-corrected chi connectivity index (χ4v) is 4.27. The predicted octanol–water partition coefficient (Wildman–Crippen LogP) is 4.22. The van der Waals surface area contributed by atoms with E-state index in [1.165, 1.54) is 21.8 Å². The van der Waals surface area contributed by atoms with Crippen LogP contribution in [-0.2, 0) is 22.4 Å². The van der Waals surface area contributed by atoms with Gasteiger partial charge >= 0.3 is 5.97 Å². The van der Waals surface area contributed by atoms with Crippen LogP contribution in [0.4, 0.5) is 5.69 Å². The molecule has 1 amide bonds. The van der Waals surface area contributed by atoms with Crippen molar-refractivity contribution in [1.82, 2.24) is 0 Å². The molecule has 0 saturated heterocycles. The summed E-state index contributed by atoms with van der Waals surface area (Å²) in [5, 5.41) is 2.72. The fourth-order valence-electron chi connectivity index (χ4n) is 3.12. The molecule has 1 aromatic heterocycles. The summed E-state index contributed by atoms with van der Waals surface area (Å²) in [5.74, 6) is 0.330. The van der Waals surface area contributed by atoms with E-state index in [-0.39, 0.29) is 6.61 Å². The molecule has 0 spiro atoms. The van der Waals surface area contributed by atoms with E-state index >= 15 is 0 Å². The number of carbonyl (C=O) groups is 2. The number of anilines is 1. The van der Waals surface area contributed by atoms with E-state index in [1.54, 1.807) is 18.2 Å². The molecule has 3 rings (SSSR count). The van der Waals surface area contributed by atoms with Crippen LogP contribution >= 0.6 is 11.3 Å². The molecule has 1 aromatic carbocycles. The van der Waals surface area contributed by atoms with Crippen molar-refractivity contribution in [3.8, 4) is 11.5 Å². The van der Waals surface area contributed by atoms with Crippen LogP contribution in [0.1, 0.15) is 46.8 Å². The zero-order valence-corrected chi connectivity index (χ0v) is 17.0. The van der Waals surface area contributed by atoms with E-state index in [1.807, 2.05) is 19.9 Å². The van der Waals surface area contributed by atoms with Gasteiger partial charge in [0.25, 0.3) is 5.91 Å². The molecule has 0 atom stereocenters. The predicted molar refractivity (Wildman–Crippen MR) is 109 cm³/mol. The van der Waals surface area contributed by atoms with Gasteiger partial charge in [-0.3, -0.25) is 4.79 Å². The highest BCUT2D eigenvalue weighted by Gasteiger charge is 2.19. The molecular formula is C21H25NO5S. The van der Waals surface area contributed by atoms with E-state index in [2.05, 4.69) is 5.32 Å². The van der Waals surface area contributed by atoms with Crippen molar-refractivity contribution >= 4 is 28.9 Å². The van der Waals surface area contributed by atoms with Gasteiger partial charge in [0.15, 0.2) is 18.1 Å². The minimum Gasteiger partial charge on any atom is -0.490 e. The second-order valence-electron chi connectivity index (χ2n) is 6.42. The maximum absolute atomic E-state index is 12.2. The summed E-state index contributed by atoms with van der Waals surface area (Å²) >= 11 is 1.48. The van der Waals surface area contributed by atoms with Crippen LogP contribution in [0, 0.1) is 0 Å². The zero-order chi connectivity index (χ0) is 19.9. The Bertz CT molecular complexity index is 822. The number of benzene rings is 1. The first kappa shape index (κ1) is 20.2. The third-order valence-electron chi connectivity index (χ3n) is 4.36. The Morgan fingerprint density at radius 1 is 1.04 bits per heavy atom. The summed E-state index contributed by atoms with van der Waals surface area (Å²) in [5.41, 5.74) is 1.80. The molecule has 0 aliphatic heterocycles. The third kappa shape index (κ3) is 5.04. The number of amides is 1. The Balaban J connectivity index is 1.55. The molecule has 6 nitrogen and oxygen atoms in total. The Labute approximate surface area is 168 Å². The summed E-state index contributed by atoms with van der Waals surface area (Å²) in [6.07, 6.45) is 4.36. The Kier molecular flexibility index (Phi) is 6.92. The van der Waals surface area contributed by atoms with Crippen molar-refractivity contribution in [2.24, 2.45) is 0 Å². The molecule has 7 heteroatoms. The van der Waals surface area contributed by atoms with Crippen molar-refractivity contribution in [3.05, 3.63) is 39.6 Å². The number of thiophene rings is 1. The van der Waals surface area contributed by atoms with Crippen LogP contribution in [0.25, 0.3) is 0 Å². The minimum absolute atomic E-state index is 0.335. The molecule has 1 heterocycles. The third-order valence-corrected chi connectivity index (χ3v) is 5.58. The summed E-state index contributed by atoms with van der Waals surface area (Å²) in [6, 6.07) is 7.06. The lowest BCUT2D eigenvalue weighted by atomic mass is 9.99. The smallest absolute Gasteiger partial charge is 0.348 e. The standard InChI is InChI=1S/C21H25NO5S/c1-3-25-16-10-9-15(12-17(16)26-4-2)22-20(23)13-27-21(24)19-11-14-7-5-6-8-18(14)28-19/h9-12H,3-8,13H2,1-2H3,(H,22,23). The number of ether oxygens (including phenoxy) is 3. The van der Waals surface area contributed by atoms with Crippen molar-refractivity contribution in [1.29, 1.82) is 0 Å². The number of nitrogens with one attached hydrogen (secondary N) is 1. The Hall–Kier alpha value is -2.54. The number of esters is 1. The number of hydrogen-bond donors (Lipinski definition) is 1. The minimum atomic E-state index is -0.448. The van der Waals surface area contributed by atoms with Gasteiger partial charge in [-0.2, -0.15) is 0 Å². The number of hydrogen-bond acceptors (Lipinski definition) is 6. The highest BCUT2D eigenvalue weighted by atomic mass is 32.1. The van der Waals surface area contributed by atoms with E-state index in [0.717, 1.165) is 25.7 Å². The molecule has 0 saturated carbocycles. The first-order chi connectivity index (χ1) is 13.6. The highest BCUT2D eigenvalue weighted by molar-refractivity contribution is 7.14. The van der Waals surface area contributed by atoms with Gasteiger partial charge < -0.3 is 19.5 Å². The molecule has 28 heavy (non-hydrogen) atoms. The molecular weight excluding hydrogens is 378 g/mol. The topological polar surface area (TPSA) is 73.9 Å². The van der Waals surface area contributed by atoms with Gasteiger partial charge in [0.05, 0.1) is 13.2 Å². The van der Waals surface area contributed by atoms with Crippen LogP contribution in [0.3, 0.4) is 0 Å². The number of aryl methyl sites for hydroxylation is 2. The second kappa shape index (κ2) is 9.59. The zero-order valence-electron chi connectivity index (χ0n) is 16.2. The van der Waals surface area contributed by atoms with Crippen molar-refractivity contribution in [2.45, 2.75) is 39.5 Å². The van der Waals surface area contributed by atoms with Gasteiger partial charge in [-0.25, -0.2) is 4.79 Å². The van der Waals surface area contributed by atoms with Crippen molar-refractivity contribution in [3.63, 3.8) is 0 Å². The normalized spacial score (nSPS) is 12.8. The maximum Gasteiger partial charge on any atom is 0.348 e. The average molecular weight is 404 g/mol. The summed E-state index contributed by atoms with van der Waals surface area (Å²) in [4.78, 5) is 26.2. The van der Waals surface area contributed by atoms with Crippen LogP contribution < -0.4 is 14.8 Å². The first-order valence-corrected chi connectivity index (χ1v) is 10.4. The monoisotopic (exact) mass is 403 g/mol. The Morgan fingerprint density at radius 3 is 2.54 bits per heavy atom. The summed E-state index contributed by atoms with van der Waals surface area (Å²) in [7, 11) is 0. The first-order valence-electron chi connectivity index (χ1n) is 9.59. The Morgan fingerprint density at radius 2 is 1.79 bits per heavy atom. The molecule has 0 bridgehead atoms. The highest BCUT2D eigenvalue weighted by Crippen LogP contribution is 2.31. The lowest BCUT2D eigenvalue weighted by Crippen LogP contribution is -2.20. The van der Waals surface area contributed by atoms with Gasteiger partial charge in [0.2, 0.25) is 0 Å². The SMILES string of the molecule is CCOc1ccc(NC(=O)COC(=O)c2cc3c(s2)CCCC3)cc1OCC. The fraction of sp³-hybridized carbons (Fsp3) is 0.429. The van der Waals surface area contributed by atoms with Crippen LogP contribution in [0.15, 0.2) is 24.3 Å². The number of fused-ring (bicyclic) bond motifs is 1. The van der Waals surface area contributed by atoms with E-state index in [0.29, 0.717) is 35.3 Å². The van der Waals surface area contributed by atoms with Crippen LogP contribution in [0.2, 0.25) is 0 Å². The number of carbonyl (C=O) groups excluding carboxylic acids is 2. The molecule has 0 unspecified atom stereocenters. The van der Waals surface area contributed by atoms with E-state index in [4.69, 9.17) is 14.2 Å². The van der Waals surface area contributed by atoms with Gasteiger partial charge in [0.1, 0.15) is 4.88 Å². The van der Waals surface area contributed by atoms with Gasteiger partial charge in [0, 0.05) is 16.6 Å². The molecule has 2 aromatic rings. The van der Waals surface area contributed by atoms with Gasteiger partial charge in [-0.1, -0.05) is 0 Å². The van der Waals surface area contributed by atoms with Crippen LogP contribution in [-0.4, -0.2) is 31.7 Å². The molecule has 0 fully saturated rings. The van der Waals surface area contributed by atoms with E-state index < -0.39 is 11.9 Å². The van der Waals surface area contributed by atoms with Gasteiger partial charge in [-0.05, 0) is 63.3 Å². The number of rotatable bonds is 8. The lowest BCUT2D eigenvalue weighted by Gasteiger charge is -2.13. The second-order valence-corrected chi connectivity index (χ2v) is 7.55. The van der Waals surface area contributed by atoms with Gasteiger partial charge in [-0.15, -0.1) is 11.3 Å². The molecule has 0 radical (unpaired) electrons. The molecule has 1 N–H and O–H groups in total. The largest absolute Gasteiger partial charge is 0.490 e. The van der Waals surface area contributed by atoms with Crippen LogP contribution in [0.5, 0.6) is 11.5 Å². The van der Waals surface area contributed by atoms with Crippen molar-refractivity contribution in [2.75, 3.05) is 25.1 Å². The average Bonchev–Trinajstić information content (AvgIpc) is 3.13. The van der Waals surface area contributed by atoms with Crippen molar-refractivity contribution < 1.29 is 23.8 Å². The lowest BCUT2D eigenvalue weighted by molar-refractivity contribution is -0.119.